The second kappa shape index (κ2) is 12.8. The van der Waals surface area contributed by atoms with Crippen molar-refractivity contribution in [2.75, 3.05) is 5.32 Å². The minimum Gasteiger partial charge on any atom is -0.469 e. The Balaban J connectivity index is 1.10. The summed E-state index contributed by atoms with van der Waals surface area (Å²) in [5.74, 6) is 1.40. The largest absolute Gasteiger partial charge is 0.469 e. The topological polar surface area (TPSA) is 55.2 Å². The van der Waals surface area contributed by atoms with Gasteiger partial charge in [0.15, 0.2) is 7.28 Å². The van der Waals surface area contributed by atoms with Gasteiger partial charge in [-0.05, 0) is 137 Å². The lowest BCUT2D eigenvalue weighted by atomic mass is 9.59. The molecule has 0 aromatic heterocycles. The van der Waals surface area contributed by atoms with E-state index in [1.807, 2.05) is 0 Å². The average Bonchev–Trinajstić information content (AvgIpc) is 3.55. The number of hydrogen-bond acceptors (Lipinski definition) is 5. The smallest absolute Gasteiger partial charge is 0.217 e. The van der Waals surface area contributed by atoms with Crippen LogP contribution in [0.4, 0.5) is 11.4 Å². The van der Waals surface area contributed by atoms with E-state index in [2.05, 4.69) is 201 Å². The second-order valence-corrected chi connectivity index (χ2v) is 17.3. The normalized spacial score (nSPS) is 17.9. The van der Waals surface area contributed by atoms with E-state index in [4.69, 9.17) is 19.5 Å². The second-order valence-electron chi connectivity index (χ2n) is 17.3. The van der Waals surface area contributed by atoms with E-state index < -0.39 is 0 Å². The van der Waals surface area contributed by atoms with Crippen molar-refractivity contribution in [2.45, 2.75) is 77.7 Å². The van der Waals surface area contributed by atoms with E-state index in [0.29, 0.717) is 11.8 Å². The molecule has 277 valence electrons. The molecule has 3 aliphatic heterocycles. The Morgan fingerprint density at radius 1 is 0.411 bits per heavy atom. The molecule has 0 atom stereocenters. The highest BCUT2D eigenvalue weighted by Gasteiger charge is 2.46. The van der Waals surface area contributed by atoms with Crippen LogP contribution >= 0.6 is 0 Å². The molecule has 0 bridgehead atoms. The number of fused-ring (bicyclic) bond motifs is 6. The van der Waals surface area contributed by atoms with Crippen LogP contribution in [-0.4, -0.2) is 41.4 Å². The third-order valence-electron chi connectivity index (χ3n) is 12.5. The number of nitrogens with zero attached hydrogens (tertiary/aromatic N) is 2. The molecule has 5 nitrogen and oxygen atoms in total. The highest BCUT2D eigenvalue weighted by molar-refractivity contribution is 6.70. The molecule has 56 heavy (non-hydrogen) atoms. The van der Waals surface area contributed by atoms with Gasteiger partial charge in [0.05, 0.1) is 11.1 Å². The van der Waals surface area contributed by atoms with Gasteiger partial charge in [-0.2, -0.15) is 0 Å². The number of aliphatic imine (C=N–C) groups is 2. The van der Waals surface area contributed by atoms with Crippen LogP contribution in [0.15, 0.2) is 143 Å². The van der Waals surface area contributed by atoms with Crippen molar-refractivity contribution in [2.24, 2.45) is 9.98 Å². The molecule has 0 unspecified atom stereocenters. The van der Waals surface area contributed by atoms with Gasteiger partial charge in [-0.15, -0.1) is 0 Å². The van der Waals surface area contributed by atoms with Crippen molar-refractivity contribution in [3.63, 3.8) is 0 Å². The molecule has 1 radical (unpaired) electrons. The van der Waals surface area contributed by atoms with Crippen LogP contribution in [0.5, 0.6) is 0 Å². The highest BCUT2D eigenvalue weighted by Crippen LogP contribution is 2.41. The zero-order valence-electron chi connectivity index (χ0n) is 33.5. The van der Waals surface area contributed by atoms with E-state index in [-0.39, 0.29) is 22.3 Å². The highest BCUT2D eigenvalue weighted by atomic mass is 16.5. The van der Waals surface area contributed by atoms with Gasteiger partial charge in [-0.3, -0.25) is 0 Å². The zero-order valence-corrected chi connectivity index (χ0v) is 33.5. The predicted octanol–water partition coefficient (Wildman–Crippen LogP) is 10.7. The van der Waals surface area contributed by atoms with Crippen LogP contribution in [0.1, 0.15) is 66.5 Å². The monoisotopic (exact) mass is 732 g/mol. The Bertz CT molecular complexity index is 2400. The zero-order chi connectivity index (χ0) is 39.0. The third-order valence-corrected chi connectivity index (χ3v) is 12.5. The SMILES string of the molecule is CC1(C)N=C(c2ccc(-c3ccc4c(c3)-c3ccccc3[B]c3ccccc3-c3cc(-c5ccc(C6=NC(C)(C)C(C)(C)O6)cc5)ccc3N4)cc2)OC1(C)C. The first kappa shape index (κ1) is 35.8. The van der Waals surface area contributed by atoms with E-state index in [0.717, 1.165) is 66.8 Å². The first-order chi connectivity index (χ1) is 26.7. The number of rotatable bonds is 4. The van der Waals surface area contributed by atoms with Crippen molar-refractivity contribution in [3.8, 4) is 44.5 Å². The Labute approximate surface area is 331 Å². The molecule has 0 spiro atoms. The minimum atomic E-state index is -0.367. The molecule has 0 amide bonds. The minimum absolute atomic E-state index is 0.297. The van der Waals surface area contributed by atoms with E-state index >= 15 is 0 Å². The van der Waals surface area contributed by atoms with Crippen LogP contribution in [0.25, 0.3) is 44.5 Å². The van der Waals surface area contributed by atoms with Crippen LogP contribution < -0.4 is 16.2 Å². The van der Waals surface area contributed by atoms with Crippen molar-refractivity contribution in [3.05, 3.63) is 145 Å². The summed E-state index contributed by atoms with van der Waals surface area (Å²) in [6, 6.07) is 48.0. The van der Waals surface area contributed by atoms with Gasteiger partial charge in [0, 0.05) is 33.6 Å². The van der Waals surface area contributed by atoms with Crippen molar-refractivity contribution in [1.29, 1.82) is 0 Å². The fourth-order valence-corrected chi connectivity index (χ4v) is 7.57. The summed E-state index contributed by atoms with van der Waals surface area (Å²) in [7, 11) is 2.32. The molecule has 0 saturated carbocycles. The van der Waals surface area contributed by atoms with Crippen molar-refractivity contribution < 1.29 is 9.47 Å². The van der Waals surface area contributed by atoms with Crippen LogP contribution in [0, 0.1) is 0 Å². The first-order valence-electron chi connectivity index (χ1n) is 19.6. The summed E-state index contributed by atoms with van der Waals surface area (Å²) in [6.45, 7) is 16.9. The molecule has 0 aliphatic carbocycles. The Morgan fingerprint density at radius 2 is 0.768 bits per heavy atom. The molecular weight excluding hydrogens is 685 g/mol. The molecular formula is C50H47BN3O2. The summed E-state index contributed by atoms with van der Waals surface area (Å²) >= 11 is 0. The average molecular weight is 733 g/mol. The van der Waals surface area contributed by atoms with Crippen molar-refractivity contribution in [1.82, 2.24) is 0 Å². The summed E-state index contributed by atoms with van der Waals surface area (Å²) < 4.78 is 12.6. The summed E-state index contributed by atoms with van der Waals surface area (Å²) in [5, 5.41) is 3.89. The van der Waals surface area contributed by atoms with Gasteiger partial charge in [-0.1, -0.05) is 95.9 Å². The first-order valence-corrected chi connectivity index (χ1v) is 19.6. The molecule has 1 N–H and O–H groups in total. The van der Waals surface area contributed by atoms with E-state index in [9.17, 15) is 0 Å². The van der Waals surface area contributed by atoms with Crippen LogP contribution in [-0.2, 0) is 9.47 Å². The van der Waals surface area contributed by atoms with Crippen molar-refractivity contribution >= 4 is 41.4 Å². The number of benzene rings is 6. The van der Waals surface area contributed by atoms with Gasteiger partial charge >= 0.3 is 0 Å². The number of nitrogens with one attached hydrogen (secondary N) is 1. The molecule has 0 fully saturated rings. The lowest BCUT2D eigenvalue weighted by Gasteiger charge is -2.30. The van der Waals surface area contributed by atoms with E-state index in [1.165, 1.54) is 11.1 Å². The predicted molar refractivity (Wildman–Crippen MR) is 234 cm³/mol. The lowest BCUT2D eigenvalue weighted by Crippen LogP contribution is -2.41. The summed E-state index contributed by atoms with van der Waals surface area (Å²) in [6.07, 6.45) is 0. The Kier molecular flexibility index (Phi) is 8.21. The fourth-order valence-electron chi connectivity index (χ4n) is 7.57. The maximum absolute atomic E-state index is 6.31. The maximum Gasteiger partial charge on any atom is 0.217 e. The lowest BCUT2D eigenvalue weighted by molar-refractivity contribution is 0.0618. The Hall–Kier alpha value is -5.88. The number of ether oxygens (including phenoxy) is 2. The van der Waals surface area contributed by atoms with Gasteiger partial charge in [0.25, 0.3) is 0 Å². The summed E-state index contributed by atoms with van der Waals surface area (Å²) in [4.78, 5) is 9.84. The quantitative estimate of drug-likeness (QED) is 0.183. The number of anilines is 2. The standard InChI is InChI=1S/C50H47BN3O2/c1-47(2)49(5,6)55-45(53-47)33-21-17-31(18-22-33)35-25-27-43-39(29-35)37-13-9-11-15-41(37)51-42-16-12-10-14-38(42)40-30-36(26-28-44(40)52-43)32-19-23-34(24-20-32)46-54-48(3,4)50(7,8)56-46/h9-30,52H,1-8H3. The van der Waals surface area contributed by atoms with Gasteiger partial charge < -0.3 is 14.8 Å². The molecule has 0 saturated heterocycles. The molecule has 6 aromatic carbocycles. The summed E-state index contributed by atoms with van der Waals surface area (Å²) in [5.41, 5.74) is 14.2. The molecule has 9 rings (SSSR count). The maximum atomic E-state index is 6.31. The van der Waals surface area contributed by atoms with Crippen LogP contribution in [0.2, 0.25) is 0 Å². The van der Waals surface area contributed by atoms with Crippen LogP contribution in [0.3, 0.4) is 0 Å². The number of hydrogen-bond donors (Lipinski definition) is 1. The van der Waals surface area contributed by atoms with Gasteiger partial charge in [0.1, 0.15) is 11.2 Å². The molecule has 6 aromatic rings. The third kappa shape index (κ3) is 6.12. The molecule has 3 heterocycles. The fraction of sp³-hybridized carbons (Fsp3) is 0.240. The Morgan fingerprint density at radius 3 is 1.14 bits per heavy atom. The molecule has 3 aliphatic rings. The molecule has 6 heteroatoms. The van der Waals surface area contributed by atoms with E-state index in [1.54, 1.807) is 0 Å². The van der Waals surface area contributed by atoms with Gasteiger partial charge in [0.2, 0.25) is 11.8 Å². The van der Waals surface area contributed by atoms with Gasteiger partial charge in [-0.25, -0.2) is 9.98 Å².